The molecule has 1 aromatic heterocycles. The minimum absolute atomic E-state index is 0.0776. The zero-order valence-electron chi connectivity index (χ0n) is 8.84. The number of nitrogens with zero attached hydrogens (tertiary/aromatic N) is 1. The summed E-state index contributed by atoms with van der Waals surface area (Å²) in [6.07, 6.45) is -1.52. The number of rotatable bonds is 4. The van der Waals surface area contributed by atoms with Gasteiger partial charge in [-0.1, -0.05) is 0 Å². The van der Waals surface area contributed by atoms with Crippen molar-refractivity contribution < 1.29 is 18.3 Å². The summed E-state index contributed by atoms with van der Waals surface area (Å²) in [7, 11) is 0. The molecule has 0 aromatic carbocycles. The highest BCUT2D eigenvalue weighted by Crippen LogP contribution is 2.30. The molecule has 3 nitrogen and oxygen atoms in total. The topological polar surface area (TPSA) is 39.2 Å². The van der Waals surface area contributed by atoms with E-state index in [1.165, 1.54) is 6.20 Å². The van der Waals surface area contributed by atoms with Crippen LogP contribution in [0.3, 0.4) is 0 Å². The van der Waals surface area contributed by atoms with Crippen molar-refractivity contribution in [2.75, 3.05) is 6.61 Å². The van der Waals surface area contributed by atoms with E-state index in [9.17, 15) is 13.6 Å². The summed E-state index contributed by atoms with van der Waals surface area (Å²) < 4.78 is 30.5. The smallest absolute Gasteiger partial charge is 0.358 e. The molecule has 0 aliphatic heterocycles. The lowest BCUT2D eigenvalue weighted by Crippen LogP contribution is -2.12. The number of hydrogen-bond donors (Lipinski definition) is 0. The van der Waals surface area contributed by atoms with Gasteiger partial charge in [-0.05, 0) is 35.1 Å². The van der Waals surface area contributed by atoms with Gasteiger partial charge in [0.2, 0.25) is 0 Å². The predicted molar refractivity (Wildman–Crippen MR) is 67.4 cm³/mol. The van der Waals surface area contributed by atoms with Crippen molar-refractivity contribution in [2.45, 2.75) is 19.2 Å². The molecule has 0 fully saturated rings. The second-order valence-electron chi connectivity index (χ2n) is 3.01. The second kappa shape index (κ2) is 6.44. The van der Waals surface area contributed by atoms with E-state index in [-0.39, 0.29) is 32.9 Å². The van der Waals surface area contributed by atoms with E-state index >= 15 is 0 Å². The van der Waals surface area contributed by atoms with Crippen molar-refractivity contribution in [3.8, 4) is 0 Å². The molecule has 0 spiro atoms. The normalized spacial score (nSPS) is 10.7. The van der Waals surface area contributed by atoms with Crippen molar-refractivity contribution >= 4 is 40.2 Å². The zero-order valence-corrected chi connectivity index (χ0v) is 11.8. The summed E-state index contributed by atoms with van der Waals surface area (Å²) in [6.45, 7) is 1.80. The molecule has 0 aliphatic rings. The van der Waals surface area contributed by atoms with E-state index in [1.54, 1.807) is 29.5 Å². The Morgan fingerprint density at radius 1 is 1.65 bits per heavy atom. The van der Waals surface area contributed by atoms with Crippen LogP contribution >= 0.6 is 34.2 Å². The molecule has 1 aromatic rings. The summed E-state index contributed by atoms with van der Waals surface area (Å²) in [5, 5.41) is 0. The van der Waals surface area contributed by atoms with E-state index in [2.05, 4.69) is 4.98 Å². The van der Waals surface area contributed by atoms with Gasteiger partial charge in [-0.25, -0.2) is 18.6 Å². The van der Waals surface area contributed by atoms with Gasteiger partial charge in [0.1, 0.15) is 0 Å². The van der Waals surface area contributed by atoms with E-state index in [4.69, 9.17) is 16.3 Å². The molecular formula is C10H9ClF2INO2. The zero-order chi connectivity index (χ0) is 13.0. The quantitative estimate of drug-likeness (QED) is 0.459. The van der Waals surface area contributed by atoms with Gasteiger partial charge in [-0.15, -0.1) is 11.6 Å². The molecule has 1 rings (SSSR count). The van der Waals surface area contributed by atoms with Crippen LogP contribution in [0.2, 0.25) is 0 Å². The highest BCUT2D eigenvalue weighted by Gasteiger charge is 2.23. The molecule has 1 heterocycles. The maximum atomic E-state index is 12.9. The summed E-state index contributed by atoms with van der Waals surface area (Å²) in [6, 6.07) is 0. The predicted octanol–water partition coefficient (Wildman–Crippen LogP) is 3.54. The Morgan fingerprint density at radius 3 is 2.76 bits per heavy atom. The largest absolute Gasteiger partial charge is 0.461 e. The van der Waals surface area contributed by atoms with Crippen LogP contribution in [0.5, 0.6) is 0 Å². The first-order valence-electron chi connectivity index (χ1n) is 4.71. The Kier molecular flexibility index (Phi) is 5.51. The summed E-state index contributed by atoms with van der Waals surface area (Å²) in [5.41, 5.74) is -0.130. The molecule has 0 radical (unpaired) electrons. The lowest BCUT2D eigenvalue weighted by Gasteiger charge is -2.11. The van der Waals surface area contributed by atoms with Gasteiger partial charge in [-0.2, -0.15) is 0 Å². The third-order valence-corrected chi connectivity index (χ3v) is 3.35. The highest BCUT2D eigenvalue weighted by molar-refractivity contribution is 14.1. The number of ether oxygens (including phenoxy) is 1. The number of carbonyl (C=O) groups is 1. The van der Waals surface area contributed by atoms with Gasteiger partial charge in [-0.3, -0.25) is 0 Å². The molecule has 17 heavy (non-hydrogen) atoms. The molecule has 0 amide bonds. The average molecular weight is 376 g/mol. The fourth-order valence-electron chi connectivity index (χ4n) is 1.22. The van der Waals surface area contributed by atoms with Crippen molar-refractivity contribution in [3.63, 3.8) is 0 Å². The third-order valence-electron chi connectivity index (χ3n) is 1.97. The first-order valence-corrected chi connectivity index (χ1v) is 6.32. The monoisotopic (exact) mass is 375 g/mol. The van der Waals surface area contributed by atoms with Crippen LogP contribution in [0.15, 0.2) is 6.20 Å². The van der Waals surface area contributed by atoms with E-state index in [0.29, 0.717) is 0 Å². The van der Waals surface area contributed by atoms with Gasteiger partial charge in [0.25, 0.3) is 6.43 Å². The molecule has 0 saturated carbocycles. The molecule has 7 heteroatoms. The van der Waals surface area contributed by atoms with E-state index < -0.39 is 12.4 Å². The fraction of sp³-hybridized carbons (Fsp3) is 0.400. The fourth-order valence-corrected chi connectivity index (χ4v) is 2.38. The Hall–Kier alpha value is -0.500. The van der Waals surface area contributed by atoms with Gasteiger partial charge in [0.15, 0.2) is 5.69 Å². The van der Waals surface area contributed by atoms with E-state index in [0.717, 1.165) is 0 Å². The van der Waals surface area contributed by atoms with E-state index in [1.807, 2.05) is 0 Å². The summed E-state index contributed by atoms with van der Waals surface area (Å²) in [4.78, 5) is 15.3. The molecule has 0 unspecified atom stereocenters. The number of hydrogen-bond acceptors (Lipinski definition) is 3. The third kappa shape index (κ3) is 3.25. The van der Waals surface area contributed by atoms with Crippen molar-refractivity contribution in [1.82, 2.24) is 4.98 Å². The number of halogens is 4. The van der Waals surface area contributed by atoms with Crippen LogP contribution in [0.1, 0.15) is 35.0 Å². The first-order chi connectivity index (χ1) is 8.02. The Bertz CT molecular complexity index is 429. The van der Waals surface area contributed by atoms with Crippen molar-refractivity contribution in [3.05, 3.63) is 26.6 Å². The van der Waals surface area contributed by atoms with Crippen LogP contribution < -0.4 is 0 Å². The minimum atomic E-state index is -2.70. The molecule has 94 valence electrons. The van der Waals surface area contributed by atoms with Gasteiger partial charge < -0.3 is 4.74 Å². The molecule has 0 atom stereocenters. The Labute approximate surface area is 116 Å². The minimum Gasteiger partial charge on any atom is -0.461 e. The molecule has 0 saturated heterocycles. The second-order valence-corrected chi connectivity index (χ2v) is 4.36. The van der Waals surface area contributed by atoms with Gasteiger partial charge >= 0.3 is 5.97 Å². The molecule has 0 aliphatic carbocycles. The number of alkyl halides is 3. The standard InChI is InChI=1S/C10H9ClF2INO2/c1-2-17-10(16)8-7(14)6(9(12)13)5(3-11)4-15-8/h4,9H,2-3H2,1H3. The van der Waals surface area contributed by atoms with Crippen LogP contribution in [0.25, 0.3) is 0 Å². The number of pyridine rings is 1. The summed E-state index contributed by atoms with van der Waals surface area (Å²) >= 11 is 7.21. The number of aromatic nitrogens is 1. The molecular weight excluding hydrogens is 366 g/mol. The highest BCUT2D eigenvalue weighted by atomic mass is 127. The van der Waals surface area contributed by atoms with Crippen LogP contribution in [-0.4, -0.2) is 17.6 Å². The van der Waals surface area contributed by atoms with Crippen molar-refractivity contribution in [1.29, 1.82) is 0 Å². The Balaban J connectivity index is 3.27. The van der Waals surface area contributed by atoms with Crippen LogP contribution in [0, 0.1) is 3.57 Å². The maximum Gasteiger partial charge on any atom is 0.358 e. The van der Waals surface area contributed by atoms with Crippen molar-refractivity contribution in [2.24, 2.45) is 0 Å². The lowest BCUT2D eigenvalue weighted by molar-refractivity contribution is 0.0517. The molecule has 0 bridgehead atoms. The lowest BCUT2D eigenvalue weighted by atomic mass is 10.1. The first kappa shape index (κ1) is 14.6. The molecule has 0 N–H and O–H groups in total. The number of esters is 1. The maximum absolute atomic E-state index is 12.9. The van der Waals surface area contributed by atoms with Gasteiger partial charge in [0.05, 0.1) is 10.2 Å². The van der Waals surface area contributed by atoms with Crippen LogP contribution in [-0.2, 0) is 10.6 Å². The summed E-state index contributed by atoms with van der Waals surface area (Å²) in [5.74, 6) is -0.786. The SMILES string of the molecule is CCOC(=O)c1ncc(CCl)c(C(F)F)c1I. The van der Waals surface area contributed by atoms with Crippen LogP contribution in [0.4, 0.5) is 8.78 Å². The average Bonchev–Trinajstić information content (AvgIpc) is 2.27. The Morgan fingerprint density at radius 2 is 2.29 bits per heavy atom. The number of carbonyl (C=O) groups excluding carboxylic acids is 1. The van der Waals surface area contributed by atoms with Gasteiger partial charge in [0, 0.05) is 17.6 Å².